The topological polar surface area (TPSA) is 152 Å². The van der Waals surface area contributed by atoms with E-state index in [0.29, 0.717) is 0 Å². The van der Waals surface area contributed by atoms with Crippen LogP contribution in [0.1, 0.15) is 48.0 Å². The van der Waals surface area contributed by atoms with Gasteiger partial charge in [-0.3, -0.25) is 9.59 Å². The van der Waals surface area contributed by atoms with Crippen LogP contribution in [0, 0.1) is 0 Å². The third-order valence-corrected chi connectivity index (χ3v) is 4.45. The number of alkyl carbamates (subject to hydrolysis) is 2. The van der Waals surface area contributed by atoms with Crippen LogP contribution in [0.15, 0.2) is 0 Å². The van der Waals surface area contributed by atoms with Crippen LogP contribution in [-0.2, 0) is 28.6 Å². The van der Waals surface area contributed by atoms with Crippen LogP contribution in [0.2, 0.25) is 0 Å². The zero-order chi connectivity index (χ0) is 25.3. The SMILES string of the molecule is CC[C@](CN(C)C(=O)[C@H](C)NC(=O)OC(C)(C)C)(NC(=O)OC)C(=O)N[C@@H](C)C(=O)OC. The fraction of sp³-hybridized carbons (Fsp3) is 0.750. The first-order valence-electron chi connectivity index (χ1n) is 10.1. The van der Waals surface area contributed by atoms with Gasteiger partial charge in [-0.2, -0.15) is 0 Å². The second-order valence-corrected chi connectivity index (χ2v) is 8.33. The summed E-state index contributed by atoms with van der Waals surface area (Å²) >= 11 is 0. The molecule has 0 bridgehead atoms. The Morgan fingerprint density at radius 1 is 0.906 bits per heavy atom. The number of likely N-dealkylation sites (N-methyl/N-ethyl adjacent to an activating group) is 1. The van der Waals surface area contributed by atoms with E-state index in [1.165, 1.54) is 32.9 Å². The number of methoxy groups -OCH3 is 2. The van der Waals surface area contributed by atoms with Gasteiger partial charge in [0.1, 0.15) is 23.2 Å². The Morgan fingerprint density at radius 2 is 1.47 bits per heavy atom. The molecule has 0 radical (unpaired) electrons. The number of ether oxygens (including phenoxy) is 3. The van der Waals surface area contributed by atoms with Gasteiger partial charge in [-0.15, -0.1) is 0 Å². The minimum atomic E-state index is -1.62. The van der Waals surface area contributed by atoms with Crippen LogP contribution in [0.4, 0.5) is 9.59 Å². The number of carbonyl (C=O) groups excluding carboxylic acids is 5. The summed E-state index contributed by atoms with van der Waals surface area (Å²) in [4.78, 5) is 62.6. The Balaban J connectivity index is 5.58. The number of hydrogen-bond acceptors (Lipinski definition) is 8. The molecule has 0 aliphatic rings. The quantitative estimate of drug-likeness (QED) is 0.333. The van der Waals surface area contributed by atoms with Gasteiger partial charge < -0.3 is 35.1 Å². The summed E-state index contributed by atoms with van der Waals surface area (Å²) in [7, 11) is 3.72. The largest absolute Gasteiger partial charge is 0.467 e. The van der Waals surface area contributed by atoms with Crippen molar-refractivity contribution in [1.29, 1.82) is 0 Å². The van der Waals surface area contributed by atoms with E-state index in [4.69, 9.17) is 4.74 Å². The molecule has 12 nitrogen and oxygen atoms in total. The van der Waals surface area contributed by atoms with E-state index < -0.39 is 53.2 Å². The van der Waals surface area contributed by atoms with Gasteiger partial charge in [-0.1, -0.05) is 6.92 Å². The molecule has 3 N–H and O–H groups in total. The smallest absolute Gasteiger partial charge is 0.408 e. The number of carbonyl (C=O) groups is 5. The van der Waals surface area contributed by atoms with Crippen molar-refractivity contribution in [3.8, 4) is 0 Å². The molecule has 0 spiro atoms. The van der Waals surface area contributed by atoms with Crippen LogP contribution in [0.5, 0.6) is 0 Å². The molecule has 0 fully saturated rings. The highest BCUT2D eigenvalue weighted by Gasteiger charge is 2.42. The monoisotopic (exact) mass is 460 g/mol. The maximum absolute atomic E-state index is 13.0. The average molecular weight is 461 g/mol. The fourth-order valence-electron chi connectivity index (χ4n) is 2.71. The van der Waals surface area contributed by atoms with E-state index in [0.717, 1.165) is 7.11 Å². The van der Waals surface area contributed by atoms with E-state index in [-0.39, 0.29) is 13.0 Å². The molecular weight excluding hydrogens is 424 g/mol. The Bertz CT molecular complexity index is 706. The second kappa shape index (κ2) is 12.1. The van der Waals surface area contributed by atoms with Gasteiger partial charge in [0.05, 0.1) is 20.8 Å². The van der Waals surface area contributed by atoms with Crippen molar-refractivity contribution in [3.05, 3.63) is 0 Å². The van der Waals surface area contributed by atoms with E-state index in [9.17, 15) is 24.0 Å². The first kappa shape index (κ1) is 28.9. The number of nitrogens with one attached hydrogen (secondary N) is 3. The lowest BCUT2D eigenvalue weighted by Crippen LogP contribution is -2.66. The van der Waals surface area contributed by atoms with Gasteiger partial charge in [-0.05, 0) is 41.0 Å². The molecule has 0 aromatic heterocycles. The summed E-state index contributed by atoms with van der Waals surface area (Å²) in [6.45, 7) is 9.30. The zero-order valence-electron chi connectivity index (χ0n) is 20.3. The standard InChI is InChI=1S/C20H36N4O8/c1-10-20(23-18(29)31-9,16(27)21-13(3)15(26)30-8)11-24(7)14(25)12(2)22-17(28)32-19(4,5)6/h12-13H,10-11H2,1-9H3,(H,21,27)(H,22,28)(H,23,29)/t12-,13-,20+/m0/s1. The summed E-state index contributed by atoms with van der Waals surface area (Å²) in [5, 5.41) is 7.36. The van der Waals surface area contributed by atoms with E-state index in [2.05, 4.69) is 25.4 Å². The molecule has 32 heavy (non-hydrogen) atoms. The van der Waals surface area contributed by atoms with E-state index in [1.54, 1.807) is 27.7 Å². The lowest BCUT2D eigenvalue weighted by Gasteiger charge is -2.36. The number of amides is 4. The molecule has 0 aliphatic heterocycles. The van der Waals surface area contributed by atoms with Gasteiger partial charge in [-0.25, -0.2) is 14.4 Å². The molecule has 0 aromatic rings. The van der Waals surface area contributed by atoms with Crippen molar-refractivity contribution in [2.45, 2.75) is 71.2 Å². The van der Waals surface area contributed by atoms with Crippen LogP contribution in [0.25, 0.3) is 0 Å². The van der Waals surface area contributed by atoms with Crippen LogP contribution in [-0.4, -0.2) is 85.9 Å². The maximum Gasteiger partial charge on any atom is 0.408 e. The van der Waals surface area contributed by atoms with Gasteiger partial charge in [0.25, 0.3) is 0 Å². The Morgan fingerprint density at radius 3 is 1.91 bits per heavy atom. The predicted octanol–water partition coefficient (Wildman–Crippen LogP) is 0.541. The summed E-state index contributed by atoms with van der Waals surface area (Å²) < 4.78 is 14.4. The molecule has 0 aromatic carbocycles. The molecule has 0 rings (SSSR count). The van der Waals surface area contributed by atoms with Crippen LogP contribution >= 0.6 is 0 Å². The van der Waals surface area contributed by atoms with Crippen molar-refractivity contribution in [2.75, 3.05) is 27.8 Å². The highest BCUT2D eigenvalue weighted by atomic mass is 16.6. The van der Waals surface area contributed by atoms with Crippen molar-refractivity contribution < 1.29 is 38.2 Å². The normalized spacial score (nSPS) is 14.7. The first-order chi connectivity index (χ1) is 14.6. The summed E-state index contributed by atoms with van der Waals surface area (Å²) in [5.41, 5.74) is -2.36. The maximum atomic E-state index is 13.0. The molecule has 4 amide bonds. The van der Waals surface area contributed by atoms with Crippen molar-refractivity contribution in [2.24, 2.45) is 0 Å². The van der Waals surface area contributed by atoms with Gasteiger partial charge in [0, 0.05) is 7.05 Å². The molecule has 0 unspecified atom stereocenters. The molecule has 0 aliphatic carbocycles. The first-order valence-corrected chi connectivity index (χ1v) is 10.1. The van der Waals surface area contributed by atoms with Crippen molar-refractivity contribution in [1.82, 2.24) is 20.9 Å². The summed E-state index contributed by atoms with van der Waals surface area (Å²) in [6, 6.07) is -1.97. The highest BCUT2D eigenvalue weighted by molar-refractivity contribution is 5.94. The van der Waals surface area contributed by atoms with E-state index >= 15 is 0 Å². The zero-order valence-corrected chi connectivity index (χ0v) is 20.3. The third-order valence-electron chi connectivity index (χ3n) is 4.45. The second-order valence-electron chi connectivity index (χ2n) is 8.33. The lowest BCUT2D eigenvalue weighted by atomic mass is 9.93. The predicted molar refractivity (Wildman–Crippen MR) is 115 cm³/mol. The van der Waals surface area contributed by atoms with Crippen molar-refractivity contribution >= 4 is 30.0 Å². The number of nitrogens with zero attached hydrogens (tertiary/aromatic N) is 1. The minimum absolute atomic E-state index is 0.0628. The van der Waals surface area contributed by atoms with Gasteiger partial charge in [0.2, 0.25) is 11.8 Å². The number of esters is 1. The fourth-order valence-corrected chi connectivity index (χ4v) is 2.71. The Hall–Kier alpha value is -3.05. The van der Waals surface area contributed by atoms with Crippen molar-refractivity contribution in [3.63, 3.8) is 0 Å². The molecular formula is C20H36N4O8. The molecule has 184 valence electrons. The summed E-state index contributed by atoms with van der Waals surface area (Å²) in [5.74, 6) is -1.93. The van der Waals surface area contributed by atoms with E-state index in [1.807, 2.05) is 0 Å². The van der Waals surface area contributed by atoms with Crippen LogP contribution < -0.4 is 16.0 Å². The molecule has 0 saturated carbocycles. The highest BCUT2D eigenvalue weighted by Crippen LogP contribution is 2.15. The summed E-state index contributed by atoms with van der Waals surface area (Å²) in [6.07, 6.45) is -1.60. The van der Waals surface area contributed by atoms with Gasteiger partial charge >= 0.3 is 18.2 Å². The third kappa shape index (κ3) is 8.98. The average Bonchev–Trinajstić information content (AvgIpc) is 2.69. The lowest BCUT2D eigenvalue weighted by molar-refractivity contribution is -0.146. The number of hydrogen-bond donors (Lipinski definition) is 3. The number of rotatable bonds is 9. The van der Waals surface area contributed by atoms with Crippen LogP contribution in [0.3, 0.4) is 0 Å². The molecule has 12 heteroatoms. The minimum Gasteiger partial charge on any atom is -0.467 e. The molecule has 0 saturated heterocycles. The Labute approximate surface area is 188 Å². The Kier molecular flexibility index (Phi) is 11.0. The molecule has 0 heterocycles. The molecule has 3 atom stereocenters. The van der Waals surface area contributed by atoms with Gasteiger partial charge in [0.15, 0.2) is 0 Å².